The van der Waals surface area contributed by atoms with Gasteiger partial charge in [-0.25, -0.2) is 0 Å². The van der Waals surface area contributed by atoms with Gasteiger partial charge >= 0.3 is 5.97 Å². The minimum absolute atomic E-state index is 0.116. The van der Waals surface area contributed by atoms with Gasteiger partial charge in [-0.15, -0.1) is 0 Å². The maximum Gasteiger partial charge on any atom is 0.309 e. The summed E-state index contributed by atoms with van der Waals surface area (Å²) in [4.78, 5) is 11.4. The van der Waals surface area contributed by atoms with Crippen LogP contribution in [-0.2, 0) is 9.53 Å². The second-order valence-electron chi connectivity index (χ2n) is 5.00. The van der Waals surface area contributed by atoms with Crippen molar-refractivity contribution >= 4 is 5.97 Å². The molecule has 0 aromatic heterocycles. The molecule has 1 aliphatic rings. The van der Waals surface area contributed by atoms with Crippen molar-refractivity contribution in [3.8, 4) is 0 Å². The molecule has 0 atom stereocenters. The van der Waals surface area contributed by atoms with Gasteiger partial charge in [0.05, 0.1) is 13.5 Å². The fraction of sp³-hybridized carbons (Fsp3) is 0.588. The molecule has 19 heavy (non-hydrogen) atoms. The number of ether oxygens (including phenoxy) is 1. The average molecular weight is 262 g/mol. The molecule has 0 saturated heterocycles. The Kier molecular flexibility index (Phi) is 8.78. The molecular formula is C17H26O2. The molecule has 0 radical (unpaired) electrons. The summed E-state index contributed by atoms with van der Waals surface area (Å²) < 4.78 is 4.76. The first-order valence-electron chi connectivity index (χ1n) is 7.39. The molecule has 106 valence electrons. The van der Waals surface area contributed by atoms with Crippen LogP contribution in [0.2, 0.25) is 0 Å². The Morgan fingerprint density at radius 2 is 1.68 bits per heavy atom. The van der Waals surface area contributed by atoms with E-state index in [4.69, 9.17) is 4.74 Å². The zero-order chi connectivity index (χ0) is 13.8. The summed E-state index contributed by atoms with van der Waals surface area (Å²) >= 11 is 0. The van der Waals surface area contributed by atoms with Crippen LogP contribution in [-0.4, -0.2) is 13.1 Å². The van der Waals surface area contributed by atoms with E-state index in [9.17, 15) is 4.79 Å². The van der Waals surface area contributed by atoms with Crippen LogP contribution in [0.4, 0.5) is 0 Å². The number of rotatable bonds is 2. The van der Waals surface area contributed by atoms with Gasteiger partial charge in [0.25, 0.3) is 0 Å². The van der Waals surface area contributed by atoms with Crippen molar-refractivity contribution in [3.05, 3.63) is 36.0 Å². The van der Waals surface area contributed by atoms with E-state index in [1.165, 1.54) is 31.9 Å². The highest BCUT2D eigenvalue weighted by Gasteiger charge is 2.05. The normalized spacial score (nSPS) is 18.5. The molecule has 2 heteroatoms. The van der Waals surface area contributed by atoms with Crippen LogP contribution >= 0.6 is 0 Å². The molecule has 0 unspecified atom stereocenters. The number of hydrogen-bond donors (Lipinski definition) is 0. The smallest absolute Gasteiger partial charge is 0.309 e. The maximum atomic E-state index is 11.4. The quantitative estimate of drug-likeness (QED) is 0.531. The van der Waals surface area contributed by atoms with Gasteiger partial charge in [-0.3, -0.25) is 4.79 Å². The summed E-state index contributed by atoms with van der Waals surface area (Å²) in [6.07, 6.45) is 20.6. The van der Waals surface area contributed by atoms with Gasteiger partial charge in [0.2, 0.25) is 0 Å². The van der Waals surface area contributed by atoms with Crippen molar-refractivity contribution in [2.75, 3.05) is 7.11 Å². The van der Waals surface area contributed by atoms with Crippen LogP contribution < -0.4 is 0 Å². The van der Waals surface area contributed by atoms with E-state index in [2.05, 4.69) is 30.4 Å². The highest BCUT2D eigenvalue weighted by atomic mass is 16.5. The van der Waals surface area contributed by atoms with Gasteiger partial charge in [-0.1, -0.05) is 36.0 Å². The molecule has 1 aliphatic carbocycles. The van der Waals surface area contributed by atoms with Gasteiger partial charge < -0.3 is 4.74 Å². The monoisotopic (exact) mass is 262 g/mol. The number of hydrogen-bond acceptors (Lipinski definition) is 2. The minimum atomic E-state index is -0.116. The molecule has 0 saturated carbocycles. The molecule has 0 heterocycles. The largest absolute Gasteiger partial charge is 0.469 e. The molecule has 0 amide bonds. The van der Waals surface area contributed by atoms with Crippen molar-refractivity contribution in [1.29, 1.82) is 0 Å². The third-order valence-corrected chi connectivity index (χ3v) is 3.36. The van der Waals surface area contributed by atoms with E-state index < -0.39 is 0 Å². The topological polar surface area (TPSA) is 26.3 Å². The van der Waals surface area contributed by atoms with E-state index in [1.54, 1.807) is 0 Å². The van der Waals surface area contributed by atoms with Crippen LogP contribution in [0.1, 0.15) is 57.8 Å². The molecule has 0 spiro atoms. The van der Waals surface area contributed by atoms with Crippen molar-refractivity contribution in [1.82, 2.24) is 0 Å². The highest BCUT2D eigenvalue weighted by molar-refractivity contribution is 5.72. The fourth-order valence-electron chi connectivity index (χ4n) is 2.20. The minimum Gasteiger partial charge on any atom is -0.469 e. The van der Waals surface area contributed by atoms with Gasteiger partial charge in [-0.2, -0.15) is 0 Å². The van der Waals surface area contributed by atoms with E-state index in [1.807, 2.05) is 0 Å². The lowest BCUT2D eigenvalue weighted by Crippen LogP contribution is -2.02. The lowest BCUT2D eigenvalue weighted by atomic mass is 10.0. The summed E-state index contributed by atoms with van der Waals surface area (Å²) in [7, 11) is 1.46. The molecule has 0 aromatic carbocycles. The molecule has 0 fully saturated rings. The Balaban J connectivity index is 2.49. The van der Waals surface area contributed by atoms with Crippen LogP contribution in [0.15, 0.2) is 36.0 Å². The molecule has 2 nitrogen and oxygen atoms in total. The molecule has 0 aliphatic heterocycles. The van der Waals surface area contributed by atoms with Crippen molar-refractivity contribution in [2.45, 2.75) is 57.8 Å². The molecular weight excluding hydrogens is 236 g/mol. The first-order chi connectivity index (χ1) is 9.33. The first kappa shape index (κ1) is 15.7. The molecule has 1 rings (SSSR count). The van der Waals surface area contributed by atoms with Crippen molar-refractivity contribution in [2.24, 2.45) is 0 Å². The molecule has 0 N–H and O–H groups in total. The highest BCUT2D eigenvalue weighted by Crippen LogP contribution is 2.16. The van der Waals surface area contributed by atoms with Crippen LogP contribution in [0.5, 0.6) is 0 Å². The Labute approximate surface area is 117 Å². The van der Waals surface area contributed by atoms with Crippen LogP contribution in [0.3, 0.4) is 0 Å². The summed E-state index contributed by atoms with van der Waals surface area (Å²) in [6.45, 7) is 0. The summed E-state index contributed by atoms with van der Waals surface area (Å²) in [5.74, 6) is -0.116. The summed E-state index contributed by atoms with van der Waals surface area (Å²) in [5.41, 5.74) is 1.25. The van der Waals surface area contributed by atoms with E-state index >= 15 is 0 Å². The van der Waals surface area contributed by atoms with Crippen molar-refractivity contribution < 1.29 is 9.53 Å². The fourth-order valence-corrected chi connectivity index (χ4v) is 2.20. The predicted molar refractivity (Wildman–Crippen MR) is 79.9 cm³/mol. The Bertz CT molecular complexity index is 337. The van der Waals surface area contributed by atoms with Gasteiger partial charge in [0.15, 0.2) is 0 Å². The zero-order valence-electron chi connectivity index (χ0n) is 12.1. The van der Waals surface area contributed by atoms with Gasteiger partial charge in [0.1, 0.15) is 0 Å². The number of methoxy groups -OCH3 is 1. The Morgan fingerprint density at radius 3 is 2.37 bits per heavy atom. The van der Waals surface area contributed by atoms with Gasteiger partial charge in [-0.05, 0) is 51.4 Å². The number of esters is 1. The lowest BCUT2D eigenvalue weighted by Gasteiger charge is -2.07. The second-order valence-corrected chi connectivity index (χ2v) is 5.00. The second kappa shape index (κ2) is 10.6. The van der Waals surface area contributed by atoms with Crippen LogP contribution in [0, 0.1) is 0 Å². The number of carbonyl (C=O) groups is 1. The molecule has 0 bridgehead atoms. The first-order valence-corrected chi connectivity index (χ1v) is 7.39. The third kappa shape index (κ3) is 8.41. The molecule has 0 aromatic rings. The zero-order valence-corrected chi connectivity index (χ0v) is 12.1. The van der Waals surface area contributed by atoms with E-state index in [-0.39, 0.29) is 5.97 Å². The average Bonchev–Trinajstić information content (AvgIpc) is 2.42. The lowest BCUT2D eigenvalue weighted by molar-refractivity contribution is -0.139. The summed E-state index contributed by atoms with van der Waals surface area (Å²) in [6, 6.07) is 0. The van der Waals surface area contributed by atoms with E-state index in [0.717, 1.165) is 32.1 Å². The van der Waals surface area contributed by atoms with Crippen LogP contribution in [0.25, 0.3) is 0 Å². The SMILES string of the molecule is COC(=O)CC1=CCCCCC=CC=CCCCC1. The number of carbonyl (C=O) groups excluding carboxylic acids is 1. The predicted octanol–water partition coefficient (Wildman–Crippen LogP) is 4.72. The maximum absolute atomic E-state index is 11.4. The standard InChI is InChI=1S/C17H26O2/c1-19-17(18)15-16-13-11-9-7-5-3-2-4-6-8-10-12-14-16/h2-5,14H,6-13,15H2,1H3. The Hall–Kier alpha value is -1.31. The summed E-state index contributed by atoms with van der Waals surface area (Å²) in [5, 5.41) is 0. The Morgan fingerprint density at radius 1 is 1.05 bits per heavy atom. The number of allylic oxidation sites excluding steroid dienone is 5. The van der Waals surface area contributed by atoms with Crippen molar-refractivity contribution in [3.63, 3.8) is 0 Å². The van der Waals surface area contributed by atoms with E-state index in [0.29, 0.717) is 6.42 Å². The van der Waals surface area contributed by atoms with Gasteiger partial charge in [0, 0.05) is 0 Å². The third-order valence-electron chi connectivity index (χ3n) is 3.36.